The van der Waals surface area contributed by atoms with Gasteiger partial charge in [0.15, 0.2) is 0 Å². The van der Waals surface area contributed by atoms with Gasteiger partial charge in [-0.25, -0.2) is 9.78 Å². The Morgan fingerprint density at radius 3 is 2.64 bits per heavy atom. The van der Waals surface area contributed by atoms with Crippen LogP contribution in [-0.4, -0.2) is 58.6 Å². The number of carbonyl (C=O) groups is 1. The van der Waals surface area contributed by atoms with Crippen LogP contribution < -0.4 is 10.1 Å². The lowest BCUT2D eigenvalue weighted by Crippen LogP contribution is -2.56. The molecule has 0 aromatic carbocycles. The summed E-state index contributed by atoms with van der Waals surface area (Å²) in [6, 6.07) is 5.31. The first kappa shape index (κ1) is 18.2. The number of nitrogens with zero attached hydrogens (tertiary/aromatic N) is 3. The number of likely N-dealkylation sites (tertiary alicyclic amines) is 2. The number of urea groups is 1. The summed E-state index contributed by atoms with van der Waals surface area (Å²) >= 11 is 0. The van der Waals surface area contributed by atoms with E-state index in [1.807, 2.05) is 17.0 Å². The van der Waals surface area contributed by atoms with Gasteiger partial charge in [-0.3, -0.25) is 4.90 Å². The first-order chi connectivity index (χ1) is 13.8. The van der Waals surface area contributed by atoms with Crippen LogP contribution in [0.4, 0.5) is 10.5 Å². The number of rotatable bonds is 4. The number of pyridine rings is 1. The maximum absolute atomic E-state index is 12.8. The number of anilines is 1. The number of carbonyl (C=O) groups excluding carboxylic acids is 1. The number of nitrogens with one attached hydrogen (secondary N) is 1. The minimum absolute atomic E-state index is 0.00765. The molecule has 0 bridgehead atoms. The van der Waals surface area contributed by atoms with Gasteiger partial charge >= 0.3 is 6.03 Å². The van der Waals surface area contributed by atoms with Crippen LogP contribution in [0.1, 0.15) is 57.8 Å². The molecular formula is C22H32N4O2. The second-order valence-corrected chi connectivity index (χ2v) is 9.01. The van der Waals surface area contributed by atoms with Gasteiger partial charge in [0.05, 0.1) is 11.9 Å². The zero-order chi connectivity index (χ0) is 18.9. The lowest BCUT2D eigenvalue weighted by atomic mass is 9.84. The molecule has 3 heterocycles. The fraction of sp³-hybridized carbons (Fsp3) is 0.727. The fourth-order valence-corrected chi connectivity index (χ4v) is 5.39. The third-order valence-corrected chi connectivity index (χ3v) is 6.99. The highest BCUT2D eigenvalue weighted by molar-refractivity contribution is 5.89. The van der Waals surface area contributed by atoms with Gasteiger partial charge in [-0.05, 0) is 76.3 Å². The topological polar surface area (TPSA) is 57.7 Å². The molecule has 2 saturated heterocycles. The zero-order valence-electron chi connectivity index (χ0n) is 16.7. The Hall–Kier alpha value is -1.82. The SMILES string of the molecule is O=C(Nc1ccc(OC2CCCC2)nc1)N1CCC2C(CCCN2C2CC2)C1. The van der Waals surface area contributed by atoms with Crippen LogP contribution in [-0.2, 0) is 0 Å². The molecule has 2 aliphatic heterocycles. The highest BCUT2D eigenvalue weighted by Crippen LogP contribution is 2.38. The van der Waals surface area contributed by atoms with Gasteiger partial charge < -0.3 is 15.0 Å². The van der Waals surface area contributed by atoms with Crippen molar-refractivity contribution < 1.29 is 9.53 Å². The van der Waals surface area contributed by atoms with Crippen LogP contribution in [0.25, 0.3) is 0 Å². The van der Waals surface area contributed by atoms with Crippen molar-refractivity contribution >= 4 is 11.7 Å². The third-order valence-electron chi connectivity index (χ3n) is 6.99. The Labute approximate surface area is 167 Å². The summed E-state index contributed by atoms with van der Waals surface area (Å²) in [5.74, 6) is 1.29. The quantitative estimate of drug-likeness (QED) is 0.856. The molecule has 6 nitrogen and oxygen atoms in total. The average Bonchev–Trinajstić information content (AvgIpc) is 3.45. The molecule has 1 N–H and O–H groups in total. The molecule has 2 unspecified atom stereocenters. The number of hydrogen-bond donors (Lipinski definition) is 1. The van der Waals surface area contributed by atoms with E-state index in [0.717, 1.165) is 44.1 Å². The summed E-state index contributed by atoms with van der Waals surface area (Å²) in [5, 5.41) is 3.03. The van der Waals surface area contributed by atoms with Crippen molar-refractivity contribution in [3.8, 4) is 5.88 Å². The summed E-state index contributed by atoms with van der Waals surface area (Å²) in [4.78, 5) is 21.9. The van der Waals surface area contributed by atoms with Crippen molar-refractivity contribution in [2.45, 2.75) is 76.0 Å². The summed E-state index contributed by atoms with van der Waals surface area (Å²) < 4.78 is 5.91. The number of piperidine rings is 2. The summed E-state index contributed by atoms with van der Waals surface area (Å²) in [5.41, 5.74) is 0.745. The Kier molecular flexibility index (Phi) is 5.14. The van der Waals surface area contributed by atoms with Crippen molar-refractivity contribution in [1.29, 1.82) is 0 Å². The smallest absolute Gasteiger partial charge is 0.321 e. The van der Waals surface area contributed by atoms with E-state index in [1.54, 1.807) is 6.20 Å². The molecule has 2 amide bonds. The molecule has 1 aromatic heterocycles. The van der Waals surface area contributed by atoms with Gasteiger partial charge in [0.1, 0.15) is 6.10 Å². The van der Waals surface area contributed by atoms with E-state index in [1.165, 1.54) is 45.1 Å². The standard InChI is InChI=1S/C22H32N4O2/c27-22(24-17-7-10-21(23-14-17)28-19-5-1-2-6-19)25-13-11-20-16(15-25)4-3-12-26(20)18-8-9-18/h7,10,14,16,18-20H,1-6,8-9,11-13,15H2,(H,24,27). The Morgan fingerprint density at radius 1 is 1.04 bits per heavy atom. The normalized spacial score (nSPS) is 28.8. The number of ether oxygens (including phenoxy) is 1. The van der Waals surface area contributed by atoms with Gasteiger partial charge in [0.25, 0.3) is 0 Å². The van der Waals surface area contributed by atoms with E-state index in [4.69, 9.17) is 4.74 Å². The minimum Gasteiger partial charge on any atom is -0.474 e. The monoisotopic (exact) mass is 384 g/mol. The van der Waals surface area contributed by atoms with Crippen molar-refractivity contribution in [3.05, 3.63) is 18.3 Å². The van der Waals surface area contributed by atoms with E-state index in [2.05, 4.69) is 15.2 Å². The maximum atomic E-state index is 12.8. The number of fused-ring (bicyclic) bond motifs is 1. The number of aromatic nitrogens is 1. The number of amides is 2. The lowest BCUT2D eigenvalue weighted by molar-refractivity contribution is 0.0315. The van der Waals surface area contributed by atoms with Crippen molar-refractivity contribution in [2.75, 3.05) is 25.0 Å². The molecule has 152 valence electrons. The van der Waals surface area contributed by atoms with E-state index < -0.39 is 0 Å². The largest absolute Gasteiger partial charge is 0.474 e. The van der Waals surface area contributed by atoms with Gasteiger partial charge in [-0.2, -0.15) is 0 Å². The Bertz CT molecular complexity index is 684. The van der Waals surface area contributed by atoms with Crippen LogP contribution in [0.15, 0.2) is 18.3 Å². The molecule has 4 fully saturated rings. The molecule has 4 aliphatic rings. The third kappa shape index (κ3) is 3.97. The lowest BCUT2D eigenvalue weighted by Gasteiger charge is -2.47. The molecule has 1 aromatic rings. The van der Waals surface area contributed by atoms with E-state index in [0.29, 0.717) is 23.9 Å². The van der Waals surface area contributed by atoms with Gasteiger partial charge in [0.2, 0.25) is 5.88 Å². The Balaban J connectivity index is 1.14. The van der Waals surface area contributed by atoms with Crippen LogP contribution in [0.3, 0.4) is 0 Å². The van der Waals surface area contributed by atoms with Gasteiger partial charge in [-0.1, -0.05) is 0 Å². The molecular weight excluding hydrogens is 352 g/mol. The molecule has 2 aliphatic carbocycles. The van der Waals surface area contributed by atoms with Crippen molar-refractivity contribution in [3.63, 3.8) is 0 Å². The van der Waals surface area contributed by atoms with E-state index >= 15 is 0 Å². The van der Waals surface area contributed by atoms with Crippen LogP contribution in [0, 0.1) is 5.92 Å². The summed E-state index contributed by atoms with van der Waals surface area (Å²) in [6.07, 6.45) is 13.1. The molecule has 2 saturated carbocycles. The number of hydrogen-bond acceptors (Lipinski definition) is 4. The highest BCUT2D eigenvalue weighted by Gasteiger charge is 2.42. The fourth-order valence-electron chi connectivity index (χ4n) is 5.39. The zero-order valence-corrected chi connectivity index (χ0v) is 16.7. The first-order valence-electron chi connectivity index (χ1n) is 11.2. The molecule has 0 radical (unpaired) electrons. The molecule has 28 heavy (non-hydrogen) atoms. The first-order valence-corrected chi connectivity index (χ1v) is 11.2. The van der Waals surface area contributed by atoms with E-state index in [-0.39, 0.29) is 6.03 Å². The van der Waals surface area contributed by atoms with E-state index in [9.17, 15) is 4.79 Å². The van der Waals surface area contributed by atoms with Gasteiger partial charge in [-0.15, -0.1) is 0 Å². The predicted octanol–water partition coefficient (Wildman–Crippen LogP) is 3.88. The minimum atomic E-state index is 0.00765. The molecule has 6 heteroatoms. The van der Waals surface area contributed by atoms with Crippen LogP contribution >= 0.6 is 0 Å². The second kappa shape index (κ2) is 7.90. The van der Waals surface area contributed by atoms with Crippen LogP contribution in [0.2, 0.25) is 0 Å². The summed E-state index contributed by atoms with van der Waals surface area (Å²) in [7, 11) is 0. The van der Waals surface area contributed by atoms with Crippen LogP contribution in [0.5, 0.6) is 5.88 Å². The maximum Gasteiger partial charge on any atom is 0.321 e. The molecule has 5 rings (SSSR count). The molecule has 0 spiro atoms. The van der Waals surface area contributed by atoms with Crippen molar-refractivity contribution in [1.82, 2.24) is 14.8 Å². The van der Waals surface area contributed by atoms with Gasteiger partial charge in [0, 0.05) is 31.2 Å². The second-order valence-electron chi connectivity index (χ2n) is 9.01. The summed E-state index contributed by atoms with van der Waals surface area (Å²) in [6.45, 7) is 3.00. The average molecular weight is 385 g/mol. The highest BCUT2D eigenvalue weighted by atomic mass is 16.5. The molecule has 2 atom stereocenters. The predicted molar refractivity (Wildman–Crippen MR) is 109 cm³/mol. The van der Waals surface area contributed by atoms with Crippen molar-refractivity contribution in [2.24, 2.45) is 5.92 Å². The Morgan fingerprint density at radius 2 is 1.89 bits per heavy atom.